The third kappa shape index (κ3) is 8.85. The van der Waals surface area contributed by atoms with E-state index in [0.717, 1.165) is 50.9 Å². The summed E-state index contributed by atoms with van der Waals surface area (Å²) >= 11 is 12.2. The molecule has 0 bridgehead atoms. The van der Waals surface area contributed by atoms with Gasteiger partial charge in [0.2, 0.25) is 5.91 Å². The van der Waals surface area contributed by atoms with Crippen molar-refractivity contribution in [2.75, 3.05) is 33.8 Å². The summed E-state index contributed by atoms with van der Waals surface area (Å²) in [6, 6.07) is 4.06. The van der Waals surface area contributed by atoms with E-state index in [1.54, 1.807) is 30.1 Å². The maximum atomic E-state index is 12.6. The smallest absolute Gasteiger partial charge is 0.328 e. The van der Waals surface area contributed by atoms with Gasteiger partial charge in [-0.2, -0.15) is 0 Å². The highest BCUT2D eigenvalue weighted by atomic mass is 35.5. The first-order valence-corrected chi connectivity index (χ1v) is 11.9. The minimum atomic E-state index is -0.750. The second-order valence-electron chi connectivity index (χ2n) is 8.00. The molecule has 0 fully saturated rings. The third-order valence-corrected chi connectivity index (χ3v) is 6.08. The zero-order chi connectivity index (χ0) is 24.2. The molecule has 0 saturated carbocycles. The molecule has 1 heterocycles. The Morgan fingerprint density at radius 2 is 1.76 bits per heavy atom. The van der Waals surface area contributed by atoms with E-state index in [4.69, 9.17) is 27.9 Å². The Morgan fingerprint density at radius 3 is 2.39 bits per heavy atom. The largest absolute Gasteiger partial charge is 0.467 e. The van der Waals surface area contributed by atoms with E-state index in [1.807, 2.05) is 0 Å². The van der Waals surface area contributed by atoms with Gasteiger partial charge in [0.15, 0.2) is 0 Å². The third-order valence-electron chi connectivity index (χ3n) is 5.45. The summed E-state index contributed by atoms with van der Waals surface area (Å²) < 4.78 is 4.84. The number of esters is 1. The van der Waals surface area contributed by atoms with Crippen LogP contribution in [0.5, 0.6) is 0 Å². The lowest BCUT2D eigenvalue weighted by Gasteiger charge is -2.22. The predicted molar refractivity (Wildman–Crippen MR) is 130 cm³/mol. The maximum Gasteiger partial charge on any atom is 0.328 e. The van der Waals surface area contributed by atoms with Crippen molar-refractivity contribution in [1.29, 1.82) is 0 Å². The number of rotatable bonds is 12. The summed E-state index contributed by atoms with van der Waals surface area (Å²) in [5.74, 6) is -0.0736. The van der Waals surface area contributed by atoms with E-state index in [0.29, 0.717) is 13.0 Å². The van der Waals surface area contributed by atoms with Crippen molar-refractivity contribution in [2.24, 2.45) is 4.99 Å². The van der Waals surface area contributed by atoms with Crippen molar-refractivity contribution < 1.29 is 19.1 Å². The van der Waals surface area contributed by atoms with E-state index < -0.39 is 17.9 Å². The van der Waals surface area contributed by atoms with Crippen molar-refractivity contribution >= 4 is 46.8 Å². The lowest BCUT2D eigenvalue weighted by atomic mass is 10.0. The molecule has 2 amide bonds. The van der Waals surface area contributed by atoms with Crippen LogP contribution in [0.4, 0.5) is 0 Å². The fourth-order valence-electron chi connectivity index (χ4n) is 3.51. The van der Waals surface area contributed by atoms with Crippen LogP contribution in [0.2, 0.25) is 10.0 Å². The SMILES string of the molecule is COC(=O)[C@H](CCCCCCCCNC1=NCC(=O)N(C)C1)NC(=O)c1c(Cl)cccc1Cl. The van der Waals surface area contributed by atoms with Crippen LogP contribution >= 0.6 is 23.2 Å². The molecule has 0 aromatic heterocycles. The minimum Gasteiger partial charge on any atom is -0.467 e. The fraction of sp³-hybridized carbons (Fsp3) is 0.565. The average Bonchev–Trinajstić information content (AvgIpc) is 2.78. The molecule has 0 saturated heterocycles. The number of likely N-dealkylation sites (N-methyl/N-ethyl adjacent to an activating group) is 1. The van der Waals surface area contributed by atoms with Crippen LogP contribution in [0.15, 0.2) is 23.2 Å². The highest BCUT2D eigenvalue weighted by molar-refractivity contribution is 6.39. The number of nitrogens with one attached hydrogen (secondary N) is 2. The number of halogens is 2. The number of ether oxygens (including phenoxy) is 1. The Labute approximate surface area is 205 Å². The normalized spacial score (nSPS) is 14.5. The molecule has 10 heteroatoms. The predicted octanol–water partition coefficient (Wildman–Crippen LogP) is 3.46. The van der Waals surface area contributed by atoms with Gasteiger partial charge >= 0.3 is 5.97 Å². The second kappa shape index (κ2) is 14.1. The van der Waals surface area contributed by atoms with Crippen LogP contribution in [0, 0.1) is 0 Å². The molecule has 0 aliphatic carbocycles. The molecule has 2 rings (SSSR count). The van der Waals surface area contributed by atoms with Gasteiger partial charge in [-0.3, -0.25) is 14.6 Å². The molecule has 1 aromatic rings. The zero-order valence-electron chi connectivity index (χ0n) is 19.2. The topological polar surface area (TPSA) is 100 Å². The van der Waals surface area contributed by atoms with Gasteiger partial charge in [-0.25, -0.2) is 4.79 Å². The minimum absolute atomic E-state index is 0.0437. The van der Waals surface area contributed by atoms with E-state index in [-0.39, 0.29) is 28.1 Å². The molecule has 8 nitrogen and oxygen atoms in total. The fourth-order valence-corrected chi connectivity index (χ4v) is 4.08. The van der Waals surface area contributed by atoms with Crippen molar-refractivity contribution in [3.8, 4) is 0 Å². The molecule has 1 aliphatic heterocycles. The summed E-state index contributed by atoms with van der Waals surface area (Å²) in [5.41, 5.74) is 0.154. The number of carbonyl (C=O) groups is 3. The first kappa shape index (κ1) is 26.9. The number of benzene rings is 1. The zero-order valence-corrected chi connectivity index (χ0v) is 20.7. The molecule has 0 unspecified atom stereocenters. The molecule has 2 N–H and O–H groups in total. The van der Waals surface area contributed by atoms with Gasteiger partial charge in [-0.15, -0.1) is 0 Å². The van der Waals surface area contributed by atoms with Crippen LogP contribution in [0.3, 0.4) is 0 Å². The molecular weight excluding hydrogens is 467 g/mol. The van der Waals surface area contributed by atoms with Crippen molar-refractivity contribution in [3.05, 3.63) is 33.8 Å². The van der Waals surface area contributed by atoms with Crippen LogP contribution in [-0.2, 0) is 14.3 Å². The van der Waals surface area contributed by atoms with Crippen molar-refractivity contribution in [3.63, 3.8) is 0 Å². The van der Waals surface area contributed by atoms with E-state index in [9.17, 15) is 14.4 Å². The number of unbranched alkanes of at least 4 members (excludes halogenated alkanes) is 5. The van der Waals surface area contributed by atoms with Crippen LogP contribution in [-0.4, -0.2) is 68.4 Å². The Hall–Kier alpha value is -2.32. The van der Waals surface area contributed by atoms with E-state index in [2.05, 4.69) is 15.6 Å². The van der Waals surface area contributed by atoms with Gasteiger partial charge in [-0.1, -0.05) is 61.4 Å². The van der Waals surface area contributed by atoms with Crippen LogP contribution in [0.1, 0.15) is 55.3 Å². The lowest BCUT2D eigenvalue weighted by Crippen LogP contribution is -2.44. The first-order valence-electron chi connectivity index (χ1n) is 11.2. The summed E-state index contributed by atoms with van der Waals surface area (Å²) in [7, 11) is 3.08. The van der Waals surface area contributed by atoms with Gasteiger partial charge in [0.25, 0.3) is 5.91 Å². The number of amides is 2. The number of aliphatic imine (C=N–C) groups is 1. The Balaban J connectivity index is 1.64. The summed E-state index contributed by atoms with van der Waals surface area (Å²) in [5, 5.41) is 6.45. The molecule has 182 valence electrons. The molecule has 33 heavy (non-hydrogen) atoms. The van der Waals surface area contributed by atoms with Gasteiger partial charge in [0.05, 0.1) is 29.3 Å². The second-order valence-corrected chi connectivity index (χ2v) is 8.81. The molecule has 0 spiro atoms. The molecule has 1 aromatic carbocycles. The molecular formula is C23H32Cl2N4O4. The quantitative estimate of drug-likeness (QED) is 0.339. The van der Waals surface area contributed by atoms with Gasteiger partial charge in [-0.05, 0) is 25.0 Å². The number of amidine groups is 1. The number of nitrogens with zero attached hydrogens (tertiary/aromatic N) is 2. The van der Waals surface area contributed by atoms with Gasteiger partial charge < -0.3 is 20.3 Å². The van der Waals surface area contributed by atoms with Crippen LogP contribution < -0.4 is 10.6 Å². The highest BCUT2D eigenvalue weighted by Crippen LogP contribution is 2.24. The summed E-state index contributed by atoms with van der Waals surface area (Å²) in [6.07, 6.45) is 6.43. The van der Waals surface area contributed by atoms with Gasteiger partial charge in [0, 0.05) is 13.6 Å². The number of hydrogen-bond acceptors (Lipinski definition) is 6. The summed E-state index contributed by atoms with van der Waals surface area (Å²) in [6.45, 7) is 1.60. The van der Waals surface area contributed by atoms with E-state index >= 15 is 0 Å². The Bertz CT molecular complexity index is 843. The maximum absolute atomic E-state index is 12.6. The number of hydrogen-bond donors (Lipinski definition) is 2. The number of methoxy groups -OCH3 is 1. The van der Waals surface area contributed by atoms with Crippen molar-refractivity contribution in [2.45, 2.75) is 51.0 Å². The Kier molecular flexibility index (Phi) is 11.5. The Morgan fingerprint density at radius 1 is 1.12 bits per heavy atom. The molecule has 1 aliphatic rings. The highest BCUT2D eigenvalue weighted by Gasteiger charge is 2.24. The first-order chi connectivity index (χ1) is 15.8. The van der Waals surface area contributed by atoms with Crippen molar-refractivity contribution in [1.82, 2.24) is 15.5 Å². The standard InChI is InChI=1S/C23H32Cl2N4O4/c1-29-15-19(27-14-20(29)30)26-13-8-6-4-3-5-7-12-18(23(32)33-2)28-22(31)21-16(24)10-9-11-17(21)25/h9-11,18H,3-8,12-15H2,1-2H3,(H,26,27)(H,28,31)/t18-/m0/s1. The molecule has 1 atom stereocenters. The average molecular weight is 499 g/mol. The van der Waals surface area contributed by atoms with Gasteiger partial charge in [0.1, 0.15) is 18.4 Å². The lowest BCUT2D eigenvalue weighted by molar-refractivity contribution is -0.143. The van der Waals surface area contributed by atoms with E-state index in [1.165, 1.54) is 7.11 Å². The monoisotopic (exact) mass is 498 g/mol. The van der Waals surface area contributed by atoms with Crippen LogP contribution in [0.25, 0.3) is 0 Å². The molecule has 0 radical (unpaired) electrons. The number of carbonyl (C=O) groups excluding carboxylic acids is 3. The summed E-state index contributed by atoms with van der Waals surface area (Å²) in [4.78, 5) is 42.0.